The van der Waals surface area contributed by atoms with E-state index in [9.17, 15) is 22.8 Å². The molecule has 162 valence electrons. The highest BCUT2D eigenvalue weighted by atomic mass is 19.4. The van der Waals surface area contributed by atoms with Crippen molar-refractivity contribution in [2.24, 2.45) is 5.92 Å². The second-order valence-electron chi connectivity index (χ2n) is 7.91. The molecule has 1 aromatic heterocycles. The molecular weight excluding hydrogens is 395 g/mol. The number of nitrogens with zero attached hydrogens (tertiary/aromatic N) is 2. The van der Waals surface area contributed by atoms with Crippen molar-refractivity contribution in [3.8, 4) is 0 Å². The molecule has 1 aliphatic heterocycles. The average Bonchev–Trinajstić information content (AvgIpc) is 2.68. The third-order valence-electron chi connectivity index (χ3n) is 5.35. The summed E-state index contributed by atoms with van der Waals surface area (Å²) in [5.74, 6) is 0.147. The van der Waals surface area contributed by atoms with Crippen LogP contribution in [0.4, 0.5) is 13.2 Å². The van der Waals surface area contributed by atoms with Crippen LogP contribution >= 0.6 is 0 Å². The maximum Gasteiger partial charge on any atom is 0.417 e. The van der Waals surface area contributed by atoms with Gasteiger partial charge in [-0.05, 0) is 42.5 Å². The van der Waals surface area contributed by atoms with Crippen LogP contribution in [0.1, 0.15) is 36.5 Å². The summed E-state index contributed by atoms with van der Waals surface area (Å²) in [7, 11) is 0. The van der Waals surface area contributed by atoms with Crippen LogP contribution in [0.5, 0.6) is 0 Å². The summed E-state index contributed by atoms with van der Waals surface area (Å²) in [6, 6.07) is 9.34. The van der Waals surface area contributed by atoms with E-state index in [0.29, 0.717) is 18.2 Å². The van der Waals surface area contributed by atoms with Crippen LogP contribution < -0.4 is 10.9 Å². The summed E-state index contributed by atoms with van der Waals surface area (Å²) in [6.07, 6.45) is -1.49. The molecule has 1 aromatic carbocycles. The Hall–Kier alpha value is -2.61. The number of aromatic nitrogens is 1. The monoisotopic (exact) mass is 421 g/mol. The van der Waals surface area contributed by atoms with E-state index >= 15 is 0 Å². The lowest BCUT2D eigenvalue weighted by atomic mass is 9.99. The molecule has 5 nitrogen and oxygen atoms in total. The van der Waals surface area contributed by atoms with Gasteiger partial charge in [-0.25, -0.2) is 0 Å². The van der Waals surface area contributed by atoms with E-state index in [0.717, 1.165) is 41.4 Å². The fraction of sp³-hybridized carbons (Fsp3) is 0.455. The van der Waals surface area contributed by atoms with Gasteiger partial charge >= 0.3 is 6.18 Å². The number of alkyl halides is 3. The molecule has 1 N–H and O–H groups in total. The van der Waals surface area contributed by atoms with Gasteiger partial charge < -0.3 is 9.88 Å². The van der Waals surface area contributed by atoms with E-state index in [1.54, 1.807) is 0 Å². The third-order valence-corrected chi connectivity index (χ3v) is 5.35. The number of carbonyl (C=O) groups excluding carboxylic acids is 1. The molecule has 2 heterocycles. The van der Waals surface area contributed by atoms with Crippen LogP contribution in [0.2, 0.25) is 0 Å². The van der Waals surface area contributed by atoms with Crippen LogP contribution in [0.3, 0.4) is 0 Å². The van der Waals surface area contributed by atoms with E-state index in [4.69, 9.17) is 0 Å². The van der Waals surface area contributed by atoms with Crippen molar-refractivity contribution in [1.29, 1.82) is 0 Å². The number of nitrogens with one attached hydrogen (secondary N) is 1. The van der Waals surface area contributed by atoms with E-state index in [-0.39, 0.29) is 6.54 Å². The molecule has 1 saturated heterocycles. The van der Waals surface area contributed by atoms with Crippen LogP contribution in [0.15, 0.2) is 47.4 Å². The summed E-state index contributed by atoms with van der Waals surface area (Å²) in [5, 5.41) is 2.72. The van der Waals surface area contributed by atoms with E-state index in [1.165, 1.54) is 12.8 Å². The molecule has 1 aliphatic rings. The van der Waals surface area contributed by atoms with Gasteiger partial charge in [0.2, 0.25) is 5.91 Å². The number of hydrogen-bond donors (Lipinski definition) is 1. The van der Waals surface area contributed by atoms with E-state index in [2.05, 4.69) is 17.1 Å². The Kier molecular flexibility index (Phi) is 6.97. The first kappa shape index (κ1) is 22.1. The maximum atomic E-state index is 12.8. The van der Waals surface area contributed by atoms with Crippen molar-refractivity contribution < 1.29 is 18.0 Å². The van der Waals surface area contributed by atoms with Gasteiger partial charge in [-0.2, -0.15) is 13.2 Å². The second kappa shape index (κ2) is 9.47. The lowest BCUT2D eigenvalue weighted by molar-refractivity contribution is -0.138. The predicted molar refractivity (Wildman–Crippen MR) is 108 cm³/mol. The molecule has 0 unspecified atom stereocenters. The number of rotatable bonds is 6. The minimum Gasteiger partial charge on any atom is -0.350 e. The van der Waals surface area contributed by atoms with Gasteiger partial charge in [-0.3, -0.25) is 14.5 Å². The van der Waals surface area contributed by atoms with Crippen molar-refractivity contribution in [3.05, 3.63) is 69.6 Å². The predicted octanol–water partition coefficient (Wildman–Crippen LogP) is 3.42. The van der Waals surface area contributed by atoms with E-state index in [1.807, 2.05) is 24.3 Å². The molecule has 1 fully saturated rings. The molecular formula is C22H26F3N3O2. The van der Waals surface area contributed by atoms with Crippen LogP contribution in [0.25, 0.3) is 0 Å². The lowest BCUT2D eigenvalue weighted by Crippen LogP contribution is -2.35. The first-order valence-corrected chi connectivity index (χ1v) is 10.1. The number of likely N-dealkylation sites (tertiary alicyclic amines) is 1. The quantitative estimate of drug-likeness (QED) is 0.778. The number of benzene rings is 1. The smallest absolute Gasteiger partial charge is 0.350 e. The highest BCUT2D eigenvalue weighted by Crippen LogP contribution is 2.28. The number of carbonyl (C=O) groups is 1. The van der Waals surface area contributed by atoms with Crippen LogP contribution in [-0.2, 0) is 30.6 Å². The van der Waals surface area contributed by atoms with Crippen molar-refractivity contribution in [2.75, 3.05) is 13.1 Å². The fourth-order valence-electron chi connectivity index (χ4n) is 3.78. The number of hydrogen-bond acceptors (Lipinski definition) is 3. The van der Waals surface area contributed by atoms with Crippen LogP contribution in [0, 0.1) is 5.92 Å². The van der Waals surface area contributed by atoms with Gasteiger partial charge in [0.05, 0.1) is 5.56 Å². The van der Waals surface area contributed by atoms with Gasteiger partial charge in [-0.1, -0.05) is 31.2 Å². The molecule has 0 aliphatic carbocycles. The maximum absolute atomic E-state index is 12.8. The lowest BCUT2D eigenvalue weighted by Gasteiger charge is -2.31. The van der Waals surface area contributed by atoms with Crippen molar-refractivity contribution >= 4 is 5.91 Å². The topological polar surface area (TPSA) is 54.3 Å². The fourth-order valence-corrected chi connectivity index (χ4v) is 3.78. The molecule has 3 rings (SSSR count). The van der Waals surface area contributed by atoms with Gasteiger partial charge in [0.1, 0.15) is 6.54 Å². The molecule has 1 atom stereocenters. The minimum absolute atomic E-state index is 0.256. The second-order valence-corrected chi connectivity index (χ2v) is 7.91. The zero-order valence-corrected chi connectivity index (χ0v) is 16.9. The summed E-state index contributed by atoms with van der Waals surface area (Å²) in [5.41, 5.74) is 0.456. The van der Waals surface area contributed by atoms with Gasteiger partial charge in [0.15, 0.2) is 0 Å². The first-order valence-electron chi connectivity index (χ1n) is 10.1. The molecule has 0 spiro atoms. The first-order chi connectivity index (χ1) is 14.2. The summed E-state index contributed by atoms with van der Waals surface area (Å²) < 4.78 is 39.3. The average molecular weight is 421 g/mol. The Morgan fingerprint density at radius 3 is 2.60 bits per heavy atom. The van der Waals surface area contributed by atoms with Crippen LogP contribution in [-0.4, -0.2) is 28.5 Å². The summed E-state index contributed by atoms with van der Waals surface area (Å²) in [4.78, 5) is 26.5. The molecule has 0 radical (unpaired) electrons. The number of halogens is 3. The van der Waals surface area contributed by atoms with Crippen molar-refractivity contribution in [1.82, 2.24) is 14.8 Å². The SMILES string of the molecule is C[C@@H]1CCCN(Cc2ccccc2CNC(=O)Cn2cc(C(F)(F)F)ccc2=O)C1. The highest BCUT2D eigenvalue weighted by Gasteiger charge is 2.31. The van der Waals surface area contributed by atoms with Crippen molar-refractivity contribution in [3.63, 3.8) is 0 Å². The Balaban J connectivity index is 1.62. The standard InChI is InChI=1S/C22H26F3N3O2/c1-16-5-4-10-27(12-16)13-18-7-3-2-6-17(18)11-26-20(29)15-28-14-19(22(23,24)25)8-9-21(28)30/h2-3,6-9,14,16H,4-5,10-13,15H2,1H3,(H,26,29)/t16-/m1/s1. The minimum atomic E-state index is -4.57. The van der Waals surface area contributed by atoms with E-state index < -0.39 is 29.8 Å². The number of amides is 1. The zero-order valence-electron chi connectivity index (χ0n) is 16.9. The van der Waals surface area contributed by atoms with Gasteiger partial charge in [0.25, 0.3) is 5.56 Å². The molecule has 30 heavy (non-hydrogen) atoms. The van der Waals surface area contributed by atoms with Gasteiger partial charge in [0, 0.05) is 31.9 Å². The summed E-state index contributed by atoms with van der Waals surface area (Å²) in [6.45, 7) is 4.92. The Bertz CT molecular complexity index is 940. The third kappa shape index (κ3) is 5.95. The van der Waals surface area contributed by atoms with Gasteiger partial charge in [-0.15, -0.1) is 0 Å². The largest absolute Gasteiger partial charge is 0.417 e. The Morgan fingerprint density at radius 1 is 1.17 bits per heavy atom. The number of piperidine rings is 1. The molecule has 0 bridgehead atoms. The Morgan fingerprint density at radius 2 is 1.90 bits per heavy atom. The molecule has 0 saturated carbocycles. The zero-order chi connectivity index (χ0) is 21.7. The number of pyridine rings is 1. The Labute approximate surface area is 173 Å². The summed E-state index contributed by atoms with van der Waals surface area (Å²) >= 11 is 0. The molecule has 8 heteroatoms. The normalized spacial score (nSPS) is 17.7. The van der Waals surface area contributed by atoms with Crippen molar-refractivity contribution in [2.45, 2.75) is 45.6 Å². The molecule has 1 amide bonds. The highest BCUT2D eigenvalue weighted by molar-refractivity contribution is 5.75. The molecule has 2 aromatic rings.